The summed E-state index contributed by atoms with van der Waals surface area (Å²) >= 11 is 0. The van der Waals surface area contributed by atoms with Gasteiger partial charge in [0, 0.05) is 24.2 Å². The third-order valence-corrected chi connectivity index (χ3v) is 4.78. The van der Waals surface area contributed by atoms with Gasteiger partial charge in [-0.25, -0.2) is 8.78 Å². The molecule has 0 saturated carbocycles. The predicted octanol–water partition coefficient (Wildman–Crippen LogP) is 3.27. The second-order valence-corrected chi connectivity index (χ2v) is 7.06. The van der Waals surface area contributed by atoms with Crippen LogP contribution in [0.15, 0.2) is 30.3 Å². The van der Waals surface area contributed by atoms with Crippen LogP contribution in [0.1, 0.15) is 36.5 Å². The lowest BCUT2D eigenvalue weighted by Crippen LogP contribution is -2.27. The SMILES string of the molecule is C/C=C/c1cc(Nc2nc(C)nc(N3CC(O)CC3c3ccc(F)cc3F)n2)n[nH]1. The quantitative estimate of drug-likeness (QED) is 0.590. The fourth-order valence-electron chi connectivity index (χ4n) is 3.53. The summed E-state index contributed by atoms with van der Waals surface area (Å²) in [5, 5.41) is 20.3. The minimum Gasteiger partial charge on any atom is -0.391 e. The van der Waals surface area contributed by atoms with Gasteiger partial charge >= 0.3 is 0 Å². The molecule has 0 amide bonds. The van der Waals surface area contributed by atoms with Crippen LogP contribution in [0, 0.1) is 18.6 Å². The number of halogens is 2. The van der Waals surface area contributed by atoms with E-state index in [-0.39, 0.29) is 24.5 Å². The summed E-state index contributed by atoms with van der Waals surface area (Å²) < 4.78 is 27.7. The van der Waals surface area contributed by atoms with Crippen LogP contribution in [0.25, 0.3) is 6.08 Å². The number of rotatable bonds is 5. The third kappa shape index (κ3) is 4.13. The largest absolute Gasteiger partial charge is 0.391 e. The van der Waals surface area contributed by atoms with E-state index in [1.807, 2.05) is 19.1 Å². The van der Waals surface area contributed by atoms with Crippen molar-refractivity contribution in [2.45, 2.75) is 32.4 Å². The van der Waals surface area contributed by atoms with E-state index < -0.39 is 23.8 Å². The van der Waals surface area contributed by atoms with Crippen LogP contribution in [0.2, 0.25) is 0 Å². The number of hydrogen-bond donors (Lipinski definition) is 3. The number of nitrogens with zero attached hydrogens (tertiary/aromatic N) is 5. The maximum absolute atomic E-state index is 14.4. The minimum atomic E-state index is -0.692. The van der Waals surface area contributed by atoms with Gasteiger partial charge in [-0.1, -0.05) is 12.1 Å². The Hall–Kier alpha value is -3.40. The number of aliphatic hydroxyl groups is 1. The maximum atomic E-state index is 14.4. The molecule has 2 aromatic heterocycles. The average molecular weight is 413 g/mol. The van der Waals surface area contributed by atoms with Gasteiger partial charge in [0.2, 0.25) is 11.9 Å². The molecule has 2 atom stereocenters. The molecule has 156 valence electrons. The van der Waals surface area contributed by atoms with E-state index in [0.29, 0.717) is 17.6 Å². The Labute approximate surface area is 171 Å². The topological polar surface area (TPSA) is 103 Å². The molecule has 30 heavy (non-hydrogen) atoms. The van der Waals surface area contributed by atoms with Gasteiger partial charge in [-0.05, 0) is 32.4 Å². The Kier molecular flexibility index (Phi) is 5.40. The number of H-pyrrole nitrogens is 1. The Bertz CT molecular complexity index is 1080. The lowest BCUT2D eigenvalue weighted by molar-refractivity contribution is 0.194. The van der Waals surface area contributed by atoms with Crippen LogP contribution in [-0.2, 0) is 0 Å². The van der Waals surface area contributed by atoms with E-state index in [2.05, 4.69) is 30.5 Å². The van der Waals surface area contributed by atoms with Gasteiger partial charge in [0.1, 0.15) is 17.5 Å². The third-order valence-electron chi connectivity index (χ3n) is 4.78. The molecule has 1 aromatic carbocycles. The summed E-state index contributed by atoms with van der Waals surface area (Å²) in [6, 6.07) is 4.70. The number of nitrogens with one attached hydrogen (secondary N) is 2. The van der Waals surface area contributed by atoms with Crippen LogP contribution >= 0.6 is 0 Å². The number of aliphatic hydroxyl groups excluding tert-OH is 1. The Morgan fingerprint density at radius 2 is 2.07 bits per heavy atom. The highest BCUT2D eigenvalue weighted by Crippen LogP contribution is 2.36. The molecule has 2 unspecified atom stereocenters. The van der Waals surface area contributed by atoms with E-state index in [9.17, 15) is 13.9 Å². The molecule has 1 aliphatic heterocycles. The molecule has 10 heteroatoms. The summed E-state index contributed by atoms with van der Waals surface area (Å²) in [4.78, 5) is 14.8. The van der Waals surface area contributed by atoms with Crippen molar-refractivity contribution in [2.75, 3.05) is 16.8 Å². The van der Waals surface area contributed by atoms with Gasteiger partial charge in [-0.15, -0.1) is 0 Å². The summed E-state index contributed by atoms with van der Waals surface area (Å²) in [5.41, 5.74) is 1.10. The number of aromatic nitrogens is 5. The monoisotopic (exact) mass is 413 g/mol. The van der Waals surface area contributed by atoms with Crippen LogP contribution in [0.4, 0.5) is 26.5 Å². The summed E-state index contributed by atoms with van der Waals surface area (Å²) in [6.07, 6.45) is 3.34. The molecule has 0 spiro atoms. The van der Waals surface area contributed by atoms with Crippen molar-refractivity contribution in [1.82, 2.24) is 25.1 Å². The lowest BCUT2D eigenvalue weighted by atomic mass is 10.0. The number of β-amino-alcohol motifs (C(OH)–C–C–N with tert-alkyl or cyclic N) is 1. The molecule has 1 aliphatic rings. The molecule has 8 nitrogen and oxygen atoms in total. The number of allylic oxidation sites excluding steroid dienone is 1. The first-order valence-corrected chi connectivity index (χ1v) is 9.50. The lowest BCUT2D eigenvalue weighted by Gasteiger charge is -2.25. The molecular formula is C20H21F2N7O. The smallest absolute Gasteiger partial charge is 0.233 e. The highest BCUT2D eigenvalue weighted by atomic mass is 19.1. The van der Waals surface area contributed by atoms with Gasteiger partial charge in [0.25, 0.3) is 0 Å². The molecule has 3 aromatic rings. The summed E-state index contributed by atoms with van der Waals surface area (Å²) in [6.45, 7) is 3.84. The van der Waals surface area contributed by atoms with Crippen molar-refractivity contribution in [1.29, 1.82) is 0 Å². The van der Waals surface area contributed by atoms with Gasteiger partial charge in [0.15, 0.2) is 5.82 Å². The number of anilines is 3. The highest BCUT2D eigenvalue weighted by Gasteiger charge is 2.35. The Morgan fingerprint density at radius 1 is 1.23 bits per heavy atom. The molecule has 0 bridgehead atoms. The molecular weight excluding hydrogens is 392 g/mol. The van der Waals surface area contributed by atoms with Crippen LogP contribution < -0.4 is 10.2 Å². The van der Waals surface area contributed by atoms with E-state index >= 15 is 0 Å². The zero-order valence-electron chi connectivity index (χ0n) is 16.5. The first-order chi connectivity index (χ1) is 14.4. The fourth-order valence-corrected chi connectivity index (χ4v) is 3.53. The number of benzene rings is 1. The van der Waals surface area contributed by atoms with Gasteiger partial charge in [0.05, 0.1) is 17.8 Å². The van der Waals surface area contributed by atoms with Crippen molar-refractivity contribution in [2.24, 2.45) is 0 Å². The number of hydrogen-bond acceptors (Lipinski definition) is 7. The number of aromatic amines is 1. The summed E-state index contributed by atoms with van der Waals surface area (Å²) in [7, 11) is 0. The second kappa shape index (κ2) is 8.15. The van der Waals surface area contributed by atoms with Gasteiger partial charge in [-0.2, -0.15) is 20.1 Å². The summed E-state index contributed by atoms with van der Waals surface area (Å²) in [5.74, 6) is 0.222. The van der Waals surface area contributed by atoms with E-state index in [1.165, 1.54) is 12.1 Å². The van der Waals surface area contributed by atoms with Crippen molar-refractivity contribution in [3.05, 3.63) is 59.1 Å². The van der Waals surface area contributed by atoms with Gasteiger partial charge < -0.3 is 15.3 Å². The molecule has 0 aliphatic carbocycles. The van der Waals surface area contributed by atoms with Crippen molar-refractivity contribution < 1.29 is 13.9 Å². The fraction of sp³-hybridized carbons (Fsp3) is 0.300. The first kappa shape index (κ1) is 19.9. The van der Waals surface area contributed by atoms with Crippen molar-refractivity contribution >= 4 is 23.8 Å². The molecule has 3 heterocycles. The molecule has 1 fully saturated rings. The van der Waals surface area contributed by atoms with Crippen molar-refractivity contribution in [3.8, 4) is 0 Å². The molecule has 0 radical (unpaired) electrons. The minimum absolute atomic E-state index is 0.220. The molecule has 3 N–H and O–H groups in total. The highest BCUT2D eigenvalue weighted by molar-refractivity contribution is 5.55. The first-order valence-electron chi connectivity index (χ1n) is 9.50. The van der Waals surface area contributed by atoms with Gasteiger partial charge in [-0.3, -0.25) is 5.10 Å². The average Bonchev–Trinajstić information content (AvgIpc) is 3.28. The van der Waals surface area contributed by atoms with E-state index in [0.717, 1.165) is 11.8 Å². The zero-order valence-corrected chi connectivity index (χ0v) is 16.5. The van der Waals surface area contributed by atoms with E-state index in [4.69, 9.17) is 0 Å². The normalized spacial score (nSPS) is 19.0. The second-order valence-electron chi connectivity index (χ2n) is 7.06. The molecule has 4 rings (SSSR count). The predicted molar refractivity (Wildman–Crippen MR) is 108 cm³/mol. The zero-order chi connectivity index (χ0) is 21.3. The Morgan fingerprint density at radius 3 is 2.83 bits per heavy atom. The van der Waals surface area contributed by atoms with Crippen LogP contribution in [-0.4, -0.2) is 42.9 Å². The maximum Gasteiger partial charge on any atom is 0.233 e. The van der Waals surface area contributed by atoms with E-state index in [1.54, 1.807) is 17.9 Å². The standard InChI is InChI=1S/C20H21F2N7O/c1-3-4-13-8-18(28-27-13)25-19-23-11(2)24-20(26-19)29-10-14(30)9-17(29)15-6-5-12(21)7-16(15)22/h3-8,14,17,30H,9-10H2,1-2H3,(H2,23,24,25,26,27,28)/b4-3+. The number of aryl methyl sites for hydroxylation is 1. The van der Waals surface area contributed by atoms with Crippen LogP contribution in [0.5, 0.6) is 0 Å². The Balaban J connectivity index is 1.64. The van der Waals surface area contributed by atoms with Crippen LogP contribution in [0.3, 0.4) is 0 Å². The van der Waals surface area contributed by atoms with Crippen molar-refractivity contribution in [3.63, 3.8) is 0 Å². The molecule has 1 saturated heterocycles.